The molecule has 1 nitrogen and oxygen atoms in total. The minimum absolute atomic E-state index is 0.498. The summed E-state index contributed by atoms with van der Waals surface area (Å²) in [5, 5.41) is 11.1. The van der Waals surface area contributed by atoms with Crippen molar-refractivity contribution in [2.24, 2.45) is 0 Å². The van der Waals surface area contributed by atoms with E-state index in [0.29, 0.717) is 0 Å². The fourth-order valence-corrected chi connectivity index (χ4v) is 17.8. The first-order valence-electron chi connectivity index (χ1n) is 20.8. The SMILES string of the molecule is c1ccc2c(c1)-c1cc3ccccc3cc1C21c2ccccc2N(c2cc3c(c4ccccc24)-c2ccccc2[Si]32c3ccccc3-c3ccccc32)c2ccccc21. The number of nitrogens with zero attached hydrogens (tertiary/aromatic N) is 1. The number of hydrogen-bond acceptors (Lipinski definition) is 1. The molecule has 0 N–H and O–H groups in total. The third-order valence-electron chi connectivity index (χ3n) is 14.2. The fraction of sp³-hybridized carbons (Fsp3) is 0.0175. The molecule has 1 aliphatic carbocycles. The van der Waals surface area contributed by atoms with Crippen LogP contribution in [0.4, 0.5) is 17.1 Å². The summed E-state index contributed by atoms with van der Waals surface area (Å²) in [6.07, 6.45) is 0. The molecule has 0 atom stereocenters. The largest absolute Gasteiger partial charge is 0.309 e. The lowest BCUT2D eigenvalue weighted by molar-refractivity contribution is 0.754. The third kappa shape index (κ3) is 3.69. The number of benzene rings is 10. The van der Waals surface area contributed by atoms with Gasteiger partial charge in [0.05, 0.1) is 22.5 Å². The van der Waals surface area contributed by atoms with Gasteiger partial charge in [0.15, 0.2) is 8.07 Å². The smallest absolute Gasteiger partial charge is 0.182 e. The van der Waals surface area contributed by atoms with Crippen LogP contribution in [0.1, 0.15) is 22.3 Å². The van der Waals surface area contributed by atoms with Crippen molar-refractivity contribution in [3.8, 4) is 33.4 Å². The van der Waals surface area contributed by atoms with E-state index in [0.717, 1.165) is 0 Å². The van der Waals surface area contributed by atoms with Gasteiger partial charge in [0.2, 0.25) is 0 Å². The Hall–Kier alpha value is -7.26. The molecule has 0 saturated heterocycles. The molecular formula is C57H35NSi. The molecule has 2 spiro atoms. The number of para-hydroxylation sites is 2. The van der Waals surface area contributed by atoms with Gasteiger partial charge in [-0.15, -0.1) is 0 Å². The third-order valence-corrected chi connectivity index (χ3v) is 19.2. The molecule has 4 aliphatic rings. The summed E-state index contributed by atoms with van der Waals surface area (Å²) in [4.78, 5) is 2.62. The van der Waals surface area contributed by atoms with Gasteiger partial charge in [-0.25, -0.2) is 0 Å². The molecule has 3 aliphatic heterocycles. The van der Waals surface area contributed by atoms with Crippen molar-refractivity contribution >= 4 is 67.4 Å². The molecule has 0 radical (unpaired) electrons. The zero-order valence-electron chi connectivity index (χ0n) is 32.2. The summed E-state index contributed by atoms with van der Waals surface area (Å²) in [5.74, 6) is 0. The van der Waals surface area contributed by atoms with Gasteiger partial charge in [-0.1, -0.05) is 182 Å². The molecular weight excluding hydrogens is 727 g/mol. The highest BCUT2D eigenvalue weighted by atomic mass is 28.3. The van der Waals surface area contributed by atoms with Gasteiger partial charge in [-0.3, -0.25) is 0 Å². The van der Waals surface area contributed by atoms with E-state index in [1.54, 1.807) is 0 Å². The lowest BCUT2D eigenvalue weighted by atomic mass is 9.64. The van der Waals surface area contributed by atoms with Gasteiger partial charge in [-0.2, -0.15) is 0 Å². The van der Waals surface area contributed by atoms with Crippen LogP contribution in [0.5, 0.6) is 0 Å². The van der Waals surface area contributed by atoms with Crippen LogP contribution in [0.3, 0.4) is 0 Å². The van der Waals surface area contributed by atoms with Crippen molar-refractivity contribution in [1.29, 1.82) is 0 Å². The monoisotopic (exact) mass is 761 g/mol. The Morgan fingerprint density at radius 2 is 0.780 bits per heavy atom. The Bertz CT molecular complexity index is 3390. The molecule has 0 fully saturated rings. The minimum atomic E-state index is -2.73. The fourth-order valence-electron chi connectivity index (χ4n) is 12.2. The Labute approximate surface area is 344 Å². The summed E-state index contributed by atoms with van der Waals surface area (Å²) < 4.78 is 0. The number of rotatable bonds is 1. The molecule has 14 rings (SSSR count). The van der Waals surface area contributed by atoms with Gasteiger partial charge in [0, 0.05) is 5.39 Å². The van der Waals surface area contributed by atoms with Crippen LogP contribution < -0.4 is 25.6 Å². The van der Waals surface area contributed by atoms with Crippen molar-refractivity contribution in [2.45, 2.75) is 5.41 Å². The molecule has 59 heavy (non-hydrogen) atoms. The maximum absolute atomic E-state index is 2.73. The predicted octanol–water partition coefficient (Wildman–Crippen LogP) is 11.5. The van der Waals surface area contributed by atoms with E-state index < -0.39 is 13.5 Å². The van der Waals surface area contributed by atoms with Gasteiger partial charge in [0.25, 0.3) is 0 Å². The van der Waals surface area contributed by atoms with Crippen molar-refractivity contribution in [1.82, 2.24) is 0 Å². The Balaban J connectivity index is 1.12. The van der Waals surface area contributed by atoms with Crippen molar-refractivity contribution < 1.29 is 0 Å². The van der Waals surface area contributed by atoms with Crippen LogP contribution >= 0.6 is 0 Å². The predicted molar refractivity (Wildman–Crippen MR) is 249 cm³/mol. The minimum Gasteiger partial charge on any atom is -0.309 e. The van der Waals surface area contributed by atoms with Crippen LogP contribution in [-0.2, 0) is 5.41 Å². The number of hydrogen-bond donors (Lipinski definition) is 0. The second-order valence-electron chi connectivity index (χ2n) is 16.7. The molecule has 10 aromatic rings. The zero-order chi connectivity index (χ0) is 38.5. The van der Waals surface area contributed by atoms with Gasteiger partial charge >= 0.3 is 0 Å². The van der Waals surface area contributed by atoms with E-state index in [1.165, 1.54) is 115 Å². The highest BCUT2D eigenvalue weighted by Crippen LogP contribution is 2.64. The van der Waals surface area contributed by atoms with E-state index in [1.807, 2.05) is 0 Å². The van der Waals surface area contributed by atoms with Crippen LogP contribution in [0, 0.1) is 0 Å². The topological polar surface area (TPSA) is 3.24 Å². The lowest BCUT2D eigenvalue weighted by Gasteiger charge is -2.45. The maximum atomic E-state index is 2.64. The first-order valence-corrected chi connectivity index (χ1v) is 22.8. The molecule has 0 amide bonds. The average molecular weight is 762 g/mol. The van der Waals surface area contributed by atoms with Gasteiger partial charge < -0.3 is 4.90 Å². The molecule has 272 valence electrons. The molecule has 0 aromatic heterocycles. The summed E-state index contributed by atoms with van der Waals surface area (Å²) in [6.45, 7) is 0. The van der Waals surface area contributed by atoms with Crippen LogP contribution in [0.2, 0.25) is 0 Å². The molecule has 0 unspecified atom stereocenters. The first-order chi connectivity index (χ1) is 29.3. The molecule has 0 saturated carbocycles. The van der Waals surface area contributed by atoms with Crippen molar-refractivity contribution in [3.05, 3.63) is 235 Å². The number of anilines is 3. The van der Waals surface area contributed by atoms with E-state index in [9.17, 15) is 0 Å². The second kappa shape index (κ2) is 11.2. The maximum Gasteiger partial charge on any atom is 0.182 e. The van der Waals surface area contributed by atoms with Gasteiger partial charge in [0.1, 0.15) is 0 Å². The van der Waals surface area contributed by atoms with Crippen molar-refractivity contribution in [2.75, 3.05) is 4.90 Å². The molecule has 0 bridgehead atoms. The zero-order valence-corrected chi connectivity index (χ0v) is 33.2. The molecule has 3 heterocycles. The van der Waals surface area contributed by atoms with E-state index in [2.05, 4.69) is 217 Å². The Morgan fingerprint density at radius 1 is 0.305 bits per heavy atom. The standard InChI is InChI=1S/C57H35NSi/c1-2-18-37-34-48-44(33-36(37)17-1)38-19-5-9-25-45(38)57(48)46-26-10-12-28-49(46)58(50-29-13-11-27-47(50)57)51-35-55-56(42-23-4-3-20-39(42)51)43-24-8-16-32-54(43)59(55)52-30-14-6-21-40(52)41-22-7-15-31-53(41)59/h1-35H. The average Bonchev–Trinajstić information content (AvgIpc) is 3.88. The van der Waals surface area contributed by atoms with Gasteiger partial charge in [-0.05, 0) is 123 Å². The summed E-state index contributed by atoms with van der Waals surface area (Å²) in [7, 11) is -2.73. The van der Waals surface area contributed by atoms with E-state index in [-0.39, 0.29) is 0 Å². The summed E-state index contributed by atoms with van der Waals surface area (Å²) in [6, 6.07) is 81.2. The van der Waals surface area contributed by atoms with Crippen molar-refractivity contribution in [3.63, 3.8) is 0 Å². The highest BCUT2D eigenvalue weighted by Gasteiger charge is 2.56. The molecule has 2 heteroatoms. The molecule has 10 aromatic carbocycles. The van der Waals surface area contributed by atoms with Crippen LogP contribution in [-0.4, -0.2) is 8.07 Å². The normalized spacial score (nSPS) is 15.0. The second-order valence-corrected chi connectivity index (χ2v) is 20.3. The van der Waals surface area contributed by atoms with E-state index >= 15 is 0 Å². The van der Waals surface area contributed by atoms with Crippen LogP contribution in [0.15, 0.2) is 212 Å². The van der Waals surface area contributed by atoms with E-state index in [4.69, 9.17) is 0 Å². The van der Waals surface area contributed by atoms with Crippen LogP contribution in [0.25, 0.3) is 54.9 Å². The quantitative estimate of drug-likeness (QED) is 0.151. The Morgan fingerprint density at radius 3 is 1.44 bits per heavy atom. The summed E-state index contributed by atoms with van der Waals surface area (Å²) in [5.41, 5.74) is 16.7. The number of fused-ring (bicyclic) bond motifs is 22. The lowest BCUT2D eigenvalue weighted by Crippen LogP contribution is -2.70. The Kier molecular flexibility index (Phi) is 6.05. The summed E-state index contributed by atoms with van der Waals surface area (Å²) >= 11 is 0. The first kappa shape index (κ1) is 31.8. The highest BCUT2D eigenvalue weighted by molar-refractivity contribution is 7.24.